The van der Waals surface area contributed by atoms with Crippen LogP contribution < -0.4 is 10.9 Å². The molecule has 2 aromatic carbocycles. The van der Waals surface area contributed by atoms with Gasteiger partial charge in [0.05, 0.1) is 39.6 Å². The van der Waals surface area contributed by atoms with Crippen LogP contribution in [0.5, 0.6) is 0 Å². The van der Waals surface area contributed by atoms with E-state index in [-0.39, 0.29) is 17.2 Å². The number of aromatic nitrogens is 4. The van der Waals surface area contributed by atoms with Crippen molar-refractivity contribution < 1.29 is 4.79 Å². The van der Waals surface area contributed by atoms with Crippen molar-refractivity contribution in [2.24, 2.45) is 7.05 Å². The molecule has 0 aliphatic heterocycles. The van der Waals surface area contributed by atoms with Crippen LogP contribution in [0.15, 0.2) is 59.4 Å². The number of hydrogen-bond acceptors (Lipinski definition) is 5. The highest BCUT2D eigenvalue weighted by atomic mass is 32.2. The Bertz CT molecular complexity index is 1310. The minimum Gasteiger partial charge on any atom is -0.319 e. The number of rotatable bonds is 6. The van der Waals surface area contributed by atoms with Crippen molar-refractivity contribution >= 4 is 34.4 Å². The molecule has 7 nitrogen and oxygen atoms in total. The summed E-state index contributed by atoms with van der Waals surface area (Å²) in [6.45, 7) is 3.74. The Hall–Kier alpha value is -3.39. The van der Waals surface area contributed by atoms with Gasteiger partial charge in [-0.3, -0.25) is 14.3 Å². The summed E-state index contributed by atoms with van der Waals surface area (Å²) in [4.78, 5) is 34.7. The summed E-state index contributed by atoms with van der Waals surface area (Å²) in [5, 5.41) is 2.79. The summed E-state index contributed by atoms with van der Waals surface area (Å²) in [6, 6.07) is 17.1. The van der Waals surface area contributed by atoms with Gasteiger partial charge >= 0.3 is 0 Å². The molecular weight excluding hydrogens is 410 g/mol. The average molecular weight is 434 g/mol. The quantitative estimate of drug-likeness (QED) is 0.502. The van der Waals surface area contributed by atoms with Crippen molar-refractivity contribution in [2.75, 3.05) is 11.1 Å². The highest BCUT2D eigenvalue weighted by molar-refractivity contribution is 7.99. The molecular formula is C23H23N5O2S. The van der Waals surface area contributed by atoms with Crippen molar-refractivity contribution in [2.45, 2.75) is 19.6 Å². The molecule has 31 heavy (non-hydrogen) atoms. The number of thioether (sulfide) groups is 1. The molecule has 0 unspecified atom stereocenters. The van der Waals surface area contributed by atoms with E-state index in [2.05, 4.69) is 15.3 Å². The summed E-state index contributed by atoms with van der Waals surface area (Å²) in [5.74, 6) is 0.564. The lowest BCUT2D eigenvalue weighted by Crippen LogP contribution is -2.23. The van der Waals surface area contributed by atoms with Crippen molar-refractivity contribution in [3.05, 3.63) is 82.0 Å². The second-order valence-corrected chi connectivity index (χ2v) is 8.21. The zero-order valence-electron chi connectivity index (χ0n) is 17.6. The lowest BCUT2D eigenvalue weighted by atomic mass is 10.2. The minimum absolute atomic E-state index is 0.215. The molecule has 8 heteroatoms. The van der Waals surface area contributed by atoms with Crippen LogP contribution in [-0.2, 0) is 17.6 Å². The highest BCUT2D eigenvalue weighted by Crippen LogP contribution is 2.18. The Morgan fingerprint density at radius 2 is 1.65 bits per heavy atom. The van der Waals surface area contributed by atoms with Crippen molar-refractivity contribution in [1.82, 2.24) is 19.3 Å². The zero-order valence-corrected chi connectivity index (χ0v) is 18.4. The van der Waals surface area contributed by atoms with Crippen LogP contribution >= 0.6 is 11.8 Å². The van der Waals surface area contributed by atoms with E-state index in [1.807, 2.05) is 68.4 Å². The number of benzene rings is 2. The number of carbonyl (C=O) groups excluding carboxylic acids is 1. The van der Waals surface area contributed by atoms with E-state index in [4.69, 9.17) is 0 Å². The molecule has 0 fully saturated rings. The second-order valence-electron chi connectivity index (χ2n) is 7.22. The smallest absolute Gasteiger partial charge is 0.295 e. The van der Waals surface area contributed by atoms with Gasteiger partial charge in [-0.1, -0.05) is 30.3 Å². The van der Waals surface area contributed by atoms with Gasteiger partial charge in [-0.05, 0) is 38.1 Å². The molecule has 0 aliphatic carbocycles. The highest BCUT2D eigenvalue weighted by Gasteiger charge is 2.18. The molecule has 0 bridgehead atoms. The minimum atomic E-state index is -0.249. The van der Waals surface area contributed by atoms with Gasteiger partial charge in [0.2, 0.25) is 5.91 Å². The lowest BCUT2D eigenvalue weighted by Gasteiger charge is -2.07. The Balaban J connectivity index is 1.44. The number of para-hydroxylation sites is 3. The first-order valence-electron chi connectivity index (χ1n) is 9.89. The fraction of sp³-hybridized carbons (Fsp3) is 0.217. The predicted molar refractivity (Wildman–Crippen MR) is 125 cm³/mol. The monoisotopic (exact) mass is 433 g/mol. The standard InChI is InChI=1S/C23H23N5O2S/c1-15-20(25-19-12-8-7-11-18(19)24-15)13-31-14-21(29)26-22-16(2)27(3)28(23(22)30)17-9-5-4-6-10-17/h4-12H,13-14H2,1-3H3,(H,26,29). The molecule has 0 saturated carbocycles. The van der Waals surface area contributed by atoms with E-state index in [1.165, 1.54) is 11.8 Å². The topological polar surface area (TPSA) is 81.8 Å². The lowest BCUT2D eigenvalue weighted by molar-refractivity contribution is -0.113. The average Bonchev–Trinajstić information content (AvgIpc) is 2.98. The van der Waals surface area contributed by atoms with Crippen molar-refractivity contribution in [1.29, 1.82) is 0 Å². The first-order chi connectivity index (χ1) is 15.0. The van der Waals surface area contributed by atoms with Gasteiger partial charge in [-0.25, -0.2) is 14.6 Å². The number of nitrogens with zero attached hydrogens (tertiary/aromatic N) is 4. The maximum absolute atomic E-state index is 12.9. The number of amides is 1. The number of carbonyl (C=O) groups is 1. The van der Waals surface area contributed by atoms with E-state index in [0.717, 1.165) is 28.1 Å². The van der Waals surface area contributed by atoms with Crippen molar-refractivity contribution in [3.63, 3.8) is 0 Å². The zero-order chi connectivity index (χ0) is 22.0. The molecule has 4 aromatic rings. The van der Waals surface area contributed by atoms with Crippen LogP contribution in [0.25, 0.3) is 16.7 Å². The van der Waals surface area contributed by atoms with Crippen LogP contribution in [0.1, 0.15) is 17.1 Å². The van der Waals surface area contributed by atoms with Gasteiger partial charge in [0.15, 0.2) is 0 Å². The summed E-state index contributed by atoms with van der Waals surface area (Å²) in [6.07, 6.45) is 0. The Kier molecular flexibility index (Phi) is 5.90. The third-order valence-electron chi connectivity index (χ3n) is 5.13. The summed E-state index contributed by atoms with van der Waals surface area (Å²) < 4.78 is 3.29. The Labute approximate surface area is 184 Å². The third kappa shape index (κ3) is 4.25. The molecule has 1 N–H and O–H groups in total. The largest absolute Gasteiger partial charge is 0.319 e. The second kappa shape index (κ2) is 8.77. The fourth-order valence-corrected chi connectivity index (χ4v) is 4.22. The SMILES string of the molecule is Cc1nc2ccccc2nc1CSCC(=O)Nc1c(C)n(C)n(-c2ccccc2)c1=O. The normalized spacial score (nSPS) is 11.1. The molecule has 158 valence electrons. The van der Waals surface area contributed by atoms with Gasteiger partial charge < -0.3 is 5.32 Å². The van der Waals surface area contributed by atoms with Crippen LogP contribution in [0.2, 0.25) is 0 Å². The summed E-state index contributed by atoms with van der Waals surface area (Å²) >= 11 is 1.45. The molecule has 0 atom stereocenters. The van der Waals surface area contributed by atoms with Gasteiger partial charge in [0.1, 0.15) is 5.69 Å². The number of fused-ring (bicyclic) bond motifs is 1. The first-order valence-corrected chi connectivity index (χ1v) is 11.0. The third-order valence-corrected chi connectivity index (χ3v) is 6.08. The van der Waals surface area contributed by atoms with Crippen LogP contribution in [0, 0.1) is 13.8 Å². The fourth-order valence-electron chi connectivity index (χ4n) is 3.39. The van der Waals surface area contributed by atoms with Gasteiger partial charge in [-0.15, -0.1) is 11.8 Å². The maximum Gasteiger partial charge on any atom is 0.295 e. The van der Waals surface area contributed by atoms with Crippen LogP contribution in [0.4, 0.5) is 5.69 Å². The molecule has 0 radical (unpaired) electrons. The van der Waals surface area contributed by atoms with E-state index >= 15 is 0 Å². The number of anilines is 1. The molecule has 2 aromatic heterocycles. The van der Waals surface area contributed by atoms with E-state index in [1.54, 1.807) is 16.4 Å². The number of hydrogen-bond donors (Lipinski definition) is 1. The molecule has 2 heterocycles. The summed E-state index contributed by atoms with van der Waals surface area (Å²) in [5.41, 5.74) is 4.92. The van der Waals surface area contributed by atoms with Crippen molar-refractivity contribution in [3.8, 4) is 5.69 Å². The van der Waals surface area contributed by atoms with E-state index in [9.17, 15) is 9.59 Å². The molecule has 1 amide bonds. The van der Waals surface area contributed by atoms with E-state index in [0.29, 0.717) is 17.1 Å². The first kappa shape index (κ1) is 20.9. The van der Waals surface area contributed by atoms with Crippen LogP contribution in [-0.4, -0.2) is 31.0 Å². The molecule has 0 aliphatic rings. The predicted octanol–water partition coefficient (Wildman–Crippen LogP) is 3.61. The Morgan fingerprint density at radius 3 is 2.35 bits per heavy atom. The maximum atomic E-state index is 12.9. The van der Waals surface area contributed by atoms with Crippen LogP contribution in [0.3, 0.4) is 0 Å². The summed E-state index contributed by atoms with van der Waals surface area (Å²) in [7, 11) is 1.80. The number of aryl methyl sites for hydroxylation is 1. The van der Waals surface area contributed by atoms with Gasteiger partial charge in [-0.2, -0.15) is 0 Å². The van der Waals surface area contributed by atoms with Gasteiger partial charge in [0, 0.05) is 12.8 Å². The molecule has 4 rings (SSSR count). The van der Waals surface area contributed by atoms with E-state index < -0.39 is 0 Å². The number of nitrogens with one attached hydrogen (secondary N) is 1. The van der Waals surface area contributed by atoms with Gasteiger partial charge in [0.25, 0.3) is 5.56 Å². The Morgan fingerprint density at radius 1 is 1.00 bits per heavy atom. The molecule has 0 spiro atoms. The molecule has 0 saturated heterocycles.